The maximum atomic E-state index is 6.37. The summed E-state index contributed by atoms with van der Waals surface area (Å²) < 4.78 is 5.78. The molecule has 0 bridgehead atoms. The highest BCUT2D eigenvalue weighted by Gasteiger charge is 2.19. The lowest BCUT2D eigenvalue weighted by Crippen LogP contribution is -2.25. The van der Waals surface area contributed by atoms with Crippen molar-refractivity contribution >= 4 is 0 Å². The van der Waals surface area contributed by atoms with E-state index in [1.165, 1.54) is 35.1 Å². The molecule has 2 nitrogen and oxygen atoms in total. The molecule has 1 aliphatic rings. The van der Waals surface area contributed by atoms with Crippen molar-refractivity contribution in [1.82, 2.24) is 0 Å². The summed E-state index contributed by atoms with van der Waals surface area (Å²) in [6, 6.07) is 4.59. The quantitative estimate of drug-likeness (QED) is 0.886. The van der Waals surface area contributed by atoms with E-state index in [1.807, 2.05) is 0 Å². The van der Waals surface area contributed by atoms with E-state index in [9.17, 15) is 0 Å². The second-order valence-corrected chi connectivity index (χ2v) is 5.62. The van der Waals surface area contributed by atoms with Crippen molar-refractivity contribution in [2.24, 2.45) is 5.73 Å². The van der Waals surface area contributed by atoms with Gasteiger partial charge in [0.15, 0.2) is 0 Å². The predicted molar refractivity (Wildman–Crippen MR) is 75.8 cm³/mol. The van der Waals surface area contributed by atoms with E-state index >= 15 is 0 Å². The Labute approximate surface area is 111 Å². The summed E-state index contributed by atoms with van der Waals surface area (Å²) in [6.45, 7) is 7.37. The van der Waals surface area contributed by atoms with Gasteiger partial charge in [-0.1, -0.05) is 12.1 Å². The van der Waals surface area contributed by atoms with Gasteiger partial charge in [-0.05, 0) is 68.7 Å². The first-order valence-corrected chi connectivity index (χ1v) is 7.03. The Bertz CT molecular complexity index is 408. The van der Waals surface area contributed by atoms with Crippen LogP contribution in [0.15, 0.2) is 12.1 Å². The van der Waals surface area contributed by atoms with E-state index in [4.69, 9.17) is 10.5 Å². The summed E-state index contributed by atoms with van der Waals surface area (Å²) in [5, 5.41) is 0. The minimum atomic E-state index is 0.104. The fourth-order valence-corrected chi connectivity index (χ4v) is 2.79. The molecule has 100 valence electrons. The maximum Gasteiger partial charge on any atom is 0.0593 e. The zero-order valence-electron chi connectivity index (χ0n) is 11.8. The van der Waals surface area contributed by atoms with Crippen LogP contribution < -0.4 is 5.73 Å². The molecule has 2 heteroatoms. The van der Waals surface area contributed by atoms with E-state index in [0.29, 0.717) is 6.10 Å². The highest BCUT2D eigenvalue weighted by molar-refractivity contribution is 5.38. The summed E-state index contributed by atoms with van der Waals surface area (Å²) in [7, 11) is 0. The third-order valence-electron chi connectivity index (χ3n) is 4.07. The molecule has 2 N–H and O–H groups in total. The third kappa shape index (κ3) is 3.12. The number of aryl methyl sites for hydroxylation is 3. The molecule has 1 fully saturated rings. The molecule has 1 heterocycles. The van der Waals surface area contributed by atoms with E-state index in [-0.39, 0.29) is 6.04 Å². The number of hydrogen-bond donors (Lipinski definition) is 1. The van der Waals surface area contributed by atoms with Gasteiger partial charge < -0.3 is 10.5 Å². The Hall–Kier alpha value is -0.860. The van der Waals surface area contributed by atoms with E-state index in [1.54, 1.807) is 0 Å². The summed E-state index contributed by atoms with van der Waals surface area (Å²) in [5.41, 5.74) is 11.6. The lowest BCUT2D eigenvalue weighted by Gasteiger charge is -2.26. The molecule has 0 aliphatic carbocycles. The molecule has 2 atom stereocenters. The standard InChI is InChI=1S/C16H25NO/c1-11-8-13(3)15(9-12(11)2)16(17)10-14-6-4-5-7-18-14/h8-9,14,16H,4-7,10,17H2,1-3H3. The number of hydrogen-bond acceptors (Lipinski definition) is 2. The van der Waals surface area contributed by atoms with Crippen LogP contribution in [-0.2, 0) is 4.74 Å². The summed E-state index contributed by atoms with van der Waals surface area (Å²) >= 11 is 0. The topological polar surface area (TPSA) is 35.2 Å². The van der Waals surface area contributed by atoms with Crippen LogP contribution in [0.2, 0.25) is 0 Å². The summed E-state index contributed by atoms with van der Waals surface area (Å²) in [6.07, 6.45) is 4.95. The molecule has 1 saturated heterocycles. The Balaban J connectivity index is 2.08. The Morgan fingerprint density at radius 2 is 1.89 bits per heavy atom. The molecule has 1 aromatic carbocycles. The van der Waals surface area contributed by atoms with Gasteiger partial charge in [0.1, 0.15) is 0 Å². The molecule has 2 rings (SSSR count). The number of benzene rings is 1. The van der Waals surface area contributed by atoms with Crippen LogP contribution in [0.25, 0.3) is 0 Å². The van der Waals surface area contributed by atoms with Crippen molar-refractivity contribution in [1.29, 1.82) is 0 Å². The van der Waals surface area contributed by atoms with Gasteiger partial charge in [0.25, 0.3) is 0 Å². The first-order chi connectivity index (χ1) is 8.58. The predicted octanol–water partition coefficient (Wildman–Crippen LogP) is 3.57. The molecule has 18 heavy (non-hydrogen) atoms. The lowest BCUT2D eigenvalue weighted by molar-refractivity contribution is 0.00726. The maximum absolute atomic E-state index is 6.37. The fraction of sp³-hybridized carbons (Fsp3) is 0.625. The van der Waals surface area contributed by atoms with Gasteiger partial charge in [-0.15, -0.1) is 0 Å². The highest BCUT2D eigenvalue weighted by atomic mass is 16.5. The van der Waals surface area contributed by atoms with E-state index in [2.05, 4.69) is 32.9 Å². The first-order valence-electron chi connectivity index (χ1n) is 7.03. The van der Waals surface area contributed by atoms with Crippen molar-refractivity contribution < 1.29 is 4.74 Å². The Kier molecular flexibility index (Phi) is 4.41. The molecular formula is C16H25NO. The zero-order chi connectivity index (χ0) is 13.1. The van der Waals surface area contributed by atoms with Gasteiger partial charge in [0.05, 0.1) is 6.10 Å². The molecule has 0 aromatic heterocycles. The average Bonchev–Trinajstić information content (AvgIpc) is 2.35. The molecule has 0 amide bonds. The number of ether oxygens (including phenoxy) is 1. The molecular weight excluding hydrogens is 222 g/mol. The minimum Gasteiger partial charge on any atom is -0.378 e. The van der Waals surface area contributed by atoms with Gasteiger partial charge in [0, 0.05) is 12.6 Å². The van der Waals surface area contributed by atoms with Crippen molar-refractivity contribution in [2.45, 2.75) is 58.6 Å². The van der Waals surface area contributed by atoms with Crippen LogP contribution >= 0.6 is 0 Å². The smallest absolute Gasteiger partial charge is 0.0593 e. The van der Waals surface area contributed by atoms with Crippen LogP contribution in [0.3, 0.4) is 0 Å². The largest absolute Gasteiger partial charge is 0.378 e. The normalized spacial score (nSPS) is 21.9. The number of rotatable bonds is 3. The van der Waals surface area contributed by atoms with Gasteiger partial charge in [-0.25, -0.2) is 0 Å². The van der Waals surface area contributed by atoms with Crippen LogP contribution in [0.1, 0.15) is 54.0 Å². The van der Waals surface area contributed by atoms with Crippen molar-refractivity contribution in [2.75, 3.05) is 6.61 Å². The van der Waals surface area contributed by atoms with Gasteiger partial charge in [-0.2, -0.15) is 0 Å². The highest BCUT2D eigenvalue weighted by Crippen LogP contribution is 2.26. The SMILES string of the molecule is Cc1cc(C)c(C(N)CC2CCCCO2)cc1C. The van der Waals surface area contributed by atoms with Crippen LogP contribution in [-0.4, -0.2) is 12.7 Å². The third-order valence-corrected chi connectivity index (χ3v) is 4.07. The monoisotopic (exact) mass is 247 g/mol. The second kappa shape index (κ2) is 5.85. The molecule has 1 aliphatic heterocycles. The summed E-state index contributed by atoms with van der Waals surface area (Å²) in [4.78, 5) is 0. The van der Waals surface area contributed by atoms with Crippen molar-refractivity contribution in [3.05, 3.63) is 34.4 Å². The molecule has 0 saturated carbocycles. The number of nitrogens with two attached hydrogens (primary N) is 1. The zero-order valence-corrected chi connectivity index (χ0v) is 11.8. The van der Waals surface area contributed by atoms with E-state index < -0.39 is 0 Å². The molecule has 2 unspecified atom stereocenters. The average molecular weight is 247 g/mol. The molecule has 0 radical (unpaired) electrons. The first kappa shape index (κ1) is 13.6. The fourth-order valence-electron chi connectivity index (χ4n) is 2.79. The molecule has 0 spiro atoms. The van der Waals surface area contributed by atoms with Crippen molar-refractivity contribution in [3.63, 3.8) is 0 Å². The second-order valence-electron chi connectivity index (χ2n) is 5.62. The van der Waals surface area contributed by atoms with Gasteiger partial charge in [-0.3, -0.25) is 0 Å². The Morgan fingerprint density at radius 1 is 1.17 bits per heavy atom. The Morgan fingerprint density at radius 3 is 2.56 bits per heavy atom. The summed E-state index contributed by atoms with van der Waals surface area (Å²) in [5.74, 6) is 0. The van der Waals surface area contributed by atoms with E-state index in [0.717, 1.165) is 19.4 Å². The van der Waals surface area contributed by atoms with Gasteiger partial charge in [0.2, 0.25) is 0 Å². The van der Waals surface area contributed by atoms with Crippen molar-refractivity contribution in [3.8, 4) is 0 Å². The van der Waals surface area contributed by atoms with Crippen LogP contribution in [0.5, 0.6) is 0 Å². The van der Waals surface area contributed by atoms with Gasteiger partial charge >= 0.3 is 0 Å². The molecule has 1 aromatic rings. The van der Waals surface area contributed by atoms with Crippen LogP contribution in [0.4, 0.5) is 0 Å². The minimum absolute atomic E-state index is 0.104. The lowest BCUT2D eigenvalue weighted by atomic mass is 9.92. The van der Waals surface area contributed by atoms with Crippen LogP contribution in [0, 0.1) is 20.8 Å².